The summed E-state index contributed by atoms with van der Waals surface area (Å²) in [5, 5.41) is 14.4. The van der Waals surface area contributed by atoms with Gasteiger partial charge in [0.1, 0.15) is 10.7 Å². The number of ketones is 1. The molecule has 3 heterocycles. The van der Waals surface area contributed by atoms with Gasteiger partial charge >= 0.3 is 0 Å². The summed E-state index contributed by atoms with van der Waals surface area (Å²) in [5.74, 6) is 0.0562. The van der Waals surface area contributed by atoms with Gasteiger partial charge in [-0.1, -0.05) is 36.8 Å². The topological polar surface area (TPSA) is 94.7 Å². The molecule has 1 atom stereocenters. The fourth-order valence-corrected chi connectivity index (χ4v) is 5.96. The van der Waals surface area contributed by atoms with E-state index in [9.17, 15) is 9.90 Å². The summed E-state index contributed by atoms with van der Waals surface area (Å²) in [4.78, 5) is 22.5. The van der Waals surface area contributed by atoms with Gasteiger partial charge < -0.3 is 21.1 Å². The molecule has 2 fully saturated rings. The molecule has 2 aromatic carbocycles. The molecule has 0 saturated carbocycles. The van der Waals surface area contributed by atoms with E-state index in [1.807, 2.05) is 26.0 Å². The van der Waals surface area contributed by atoms with Gasteiger partial charge in [-0.2, -0.15) is 0 Å². The number of aromatic nitrogens is 1. The van der Waals surface area contributed by atoms with Crippen molar-refractivity contribution >= 4 is 51.0 Å². The Kier molecular flexibility index (Phi) is 9.43. The average molecular weight is 542 g/mol. The van der Waals surface area contributed by atoms with Crippen LogP contribution in [0.5, 0.6) is 0 Å². The first-order valence-corrected chi connectivity index (χ1v) is 14.3. The van der Waals surface area contributed by atoms with E-state index in [-0.39, 0.29) is 17.7 Å². The van der Waals surface area contributed by atoms with Crippen LogP contribution in [-0.4, -0.2) is 59.1 Å². The molecule has 5 rings (SSSR count). The Morgan fingerprint density at radius 1 is 1.05 bits per heavy atom. The largest absolute Gasteiger partial charge is 0.392 e. The molecule has 2 aliphatic heterocycles. The Hall–Kier alpha value is -2.65. The van der Waals surface area contributed by atoms with Crippen molar-refractivity contribution in [3.8, 4) is 0 Å². The van der Waals surface area contributed by atoms with Gasteiger partial charge in [-0.3, -0.25) is 9.69 Å². The molecule has 0 amide bonds. The van der Waals surface area contributed by atoms with E-state index in [1.165, 1.54) is 17.0 Å². The number of β-amino-alcohol motifs (C(OH)–C–C–N with tert-alkyl or cyclic N) is 1. The highest BCUT2D eigenvalue weighted by Gasteiger charge is 2.28. The zero-order valence-electron chi connectivity index (χ0n) is 21.5. The van der Waals surface area contributed by atoms with Crippen molar-refractivity contribution in [3.05, 3.63) is 64.0 Å². The molecule has 1 unspecified atom stereocenters. The predicted octanol–water partition coefficient (Wildman–Crippen LogP) is 5.81. The summed E-state index contributed by atoms with van der Waals surface area (Å²) in [7, 11) is 0. The van der Waals surface area contributed by atoms with Crippen molar-refractivity contribution in [2.45, 2.75) is 51.7 Å². The van der Waals surface area contributed by atoms with Crippen LogP contribution < -0.4 is 16.0 Å². The number of aliphatic hydroxyl groups is 1. The number of rotatable bonds is 6. The molecule has 3 aromatic rings. The van der Waals surface area contributed by atoms with E-state index in [0.29, 0.717) is 26.6 Å². The minimum atomic E-state index is -0.165. The van der Waals surface area contributed by atoms with Gasteiger partial charge in [0, 0.05) is 47.6 Å². The number of anilines is 4. The van der Waals surface area contributed by atoms with Crippen molar-refractivity contribution in [3.63, 3.8) is 0 Å². The average Bonchev–Trinajstić information content (AvgIpc) is 3.30. The molecule has 4 N–H and O–H groups in total. The lowest BCUT2D eigenvalue weighted by Crippen LogP contribution is -2.49. The van der Waals surface area contributed by atoms with E-state index in [0.717, 1.165) is 57.5 Å². The minimum Gasteiger partial charge on any atom is -0.392 e. The number of nitrogen functional groups attached to an aromatic ring is 1. The van der Waals surface area contributed by atoms with E-state index in [1.54, 1.807) is 24.3 Å². The highest BCUT2D eigenvalue weighted by Crippen LogP contribution is 2.31. The Labute approximate surface area is 228 Å². The fraction of sp³-hybridized carbons (Fsp3) is 0.429. The molecule has 9 heteroatoms. The van der Waals surface area contributed by atoms with Crippen molar-refractivity contribution in [2.24, 2.45) is 0 Å². The second-order valence-electron chi connectivity index (χ2n) is 9.25. The van der Waals surface area contributed by atoms with E-state index < -0.39 is 0 Å². The smallest absolute Gasteiger partial charge is 0.206 e. The standard InChI is InChI=1S/C26H30ClN5O2S.C2H6/c27-18-5-3-17(4-6-18)23(34)24-25(28)30-26(35-24)29-19-7-9-20(10-8-19)31-14-11-21(12-15-31)32-13-1-2-22(33)16-32;1-2/h3-10,21-22,33H,1-2,11-16,28H2,(H,29,30);1-2H3. The molecule has 198 valence electrons. The van der Waals surface area contributed by atoms with Crippen molar-refractivity contribution in [1.82, 2.24) is 9.88 Å². The first kappa shape index (κ1) is 27.4. The summed E-state index contributed by atoms with van der Waals surface area (Å²) in [6.07, 6.45) is 4.10. The number of nitrogens with zero attached hydrogens (tertiary/aromatic N) is 3. The third-order valence-electron chi connectivity index (χ3n) is 6.86. The maximum Gasteiger partial charge on any atom is 0.206 e. The zero-order chi connectivity index (χ0) is 26.4. The van der Waals surface area contributed by atoms with Gasteiger partial charge in [-0.25, -0.2) is 4.98 Å². The Balaban J connectivity index is 0.00000156. The molecular formula is C28H36ClN5O2S. The third kappa shape index (κ3) is 6.82. The number of piperidine rings is 2. The number of nitrogens with two attached hydrogens (primary N) is 1. The van der Waals surface area contributed by atoms with Crippen LogP contribution in [0.1, 0.15) is 54.8 Å². The van der Waals surface area contributed by atoms with Crippen LogP contribution in [0.2, 0.25) is 5.02 Å². The van der Waals surface area contributed by atoms with Crippen LogP contribution in [-0.2, 0) is 0 Å². The number of benzene rings is 2. The third-order valence-corrected chi connectivity index (χ3v) is 8.10. The molecule has 2 aliphatic rings. The number of aliphatic hydroxyl groups excluding tert-OH is 1. The predicted molar refractivity (Wildman–Crippen MR) is 155 cm³/mol. The minimum absolute atomic E-state index is 0.164. The lowest BCUT2D eigenvalue weighted by atomic mass is 9.98. The molecule has 37 heavy (non-hydrogen) atoms. The van der Waals surface area contributed by atoms with Gasteiger partial charge in [0.05, 0.1) is 6.10 Å². The monoisotopic (exact) mass is 541 g/mol. The number of thiazole rings is 1. The Morgan fingerprint density at radius 2 is 1.73 bits per heavy atom. The molecule has 0 radical (unpaired) electrons. The summed E-state index contributed by atoms with van der Waals surface area (Å²) < 4.78 is 0. The number of likely N-dealkylation sites (tertiary alicyclic amines) is 1. The Bertz CT molecular complexity index is 1160. The maximum absolute atomic E-state index is 12.8. The van der Waals surface area contributed by atoms with Crippen molar-refractivity contribution in [1.29, 1.82) is 0 Å². The van der Waals surface area contributed by atoms with E-state index in [4.69, 9.17) is 17.3 Å². The number of halogens is 1. The van der Waals surface area contributed by atoms with E-state index >= 15 is 0 Å². The maximum atomic E-state index is 12.8. The summed E-state index contributed by atoms with van der Waals surface area (Å²) in [6, 6.07) is 15.6. The number of carbonyl (C=O) groups is 1. The second-order valence-corrected chi connectivity index (χ2v) is 10.7. The number of hydrogen-bond acceptors (Lipinski definition) is 8. The van der Waals surface area contributed by atoms with Crippen LogP contribution in [0.4, 0.5) is 22.3 Å². The quantitative estimate of drug-likeness (QED) is 0.339. The highest BCUT2D eigenvalue weighted by atomic mass is 35.5. The zero-order valence-corrected chi connectivity index (χ0v) is 23.1. The summed E-state index contributed by atoms with van der Waals surface area (Å²) >= 11 is 7.17. The molecule has 2 saturated heterocycles. The molecule has 0 spiro atoms. The van der Waals surface area contributed by atoms with Crippen LogP contribution in [0.25, 0.3) is 0 Å². The lowest BCUT2D eigenvalue weighted by Gasteiger charge is -2.42. The number of carbonyl (C=O) groups excluding carboxylic acids is 1. The molecule has 7 nitrogen and oxygen atoms in total. The fourth-order valence-electron chi connectivity index (χ4n) is 4.96. The molecule has 1 aromatic heterocycles. The Morgan fingerprint density at radius 3 is 2.38 bits per heavy atom. The second kappa shape index (κ2) is 12.7. The molecule has 0 aliphatic carbocycles. The van der Waals surface area contributed by atoms with E-state index in [2.05, 4.69) is 32.2 Å². The molecular weight excluding hydrogens is 506 g/mol. The normalized spacial score (nSPS) is 18.7. The van der Waals surface area contributed by atoms with Crippen LogP contribution >= 0.6 is 22.9 Å². The van der Waals surface area contributed by atoms with Crippen molar-refractivity contribution < 1.29 is 9.90 Å². The number of nitrogens with one attached hydrogen (secondary N) is 1. The highest BCUT2D eigenvalue weighted by molar-refractivity contribution is 7.18. The number of hydrogen-bond donors (Lipinski definition) is 3. The summed E-state index contributed by atoms with van der Waals surface area (Å²) in [5.41, 5.74) is 8.67. The molecule has 0 bridgehead atoms. The first-order chi connectivity index (χ1) is 18.0. The lowest BCUT2D eigenvalue weighted by molar-refractivity contribution is 0.0398. The van der Waals surface area contributed by atoms with Gasteiger partial charge in [0.15, 0.2) is 5.13 Å². The van der Waals surface area contributed by atoms with Crippen LogP contribution in [0, 0.1) is 0 Å². The van der Waals surface area contributed by atoms with Gasteiger partial charge in [0.25, 0.3) is 0 Å². The summed E-state index contributed by atoms with van der Waals surface area (Å²) in [6.45, 7) is 7.96. The van der Waals surface area contributed by atoms with Crippen molar-refractivity contribution in [2.75, 3.05) is 42.1 Å². The van der Waals surface area contributed by atoms with Crippen LogP contribution in [0.3, 0.4) is 0 Å². The SMILES string of the molecule is CC.Nc1nc(Nc2ccc(N3CCC(N4CCCC(O)C4)CC3)cc2)sc1C(=O)c1ccc(Cl)cc1. The van der Waals surface area contributed by atoms with Gasteiger partial charge in [-0.05, 0) is 80.8 Å². The van der Waals surface area contributed by atoms with Gasteiger partial charge in [0.2, 0.25) is 5.78 Å². The first-order valence-electron chi connectivity index (χ1n) is 13.1. The van der Waals surface area contributed by atoms with Gasteiger partial charge in [-0.15, -0.1) is 0 Å². The van der Waals surface area contributed by atoms with Crippen LogP contribution in [0.15, 0.2) is 48.5 Å².